The molecule has 0 saturated carbocycles. The van der Waals surface area contributed by atoms with Crippen molar-refractivity contribution in [2.24, 2.45) is 0 Å². The number of rotatable bonds is 1. The zero-order valence-corrected chi connectivity index (χ0v) is 5.24. The Morgan fingerprint density at radius 3 is 1.00 bits per heavy atom. The Bertz CT molecular complexity index is 122. The van der Waals surface area contributed by atoms with Gasteiger partial charge < -0.3 is 10.2 Å². The number of aliphatic hydroxyl groups excluding tert-OH is 2. The zero-order chi connectivity index (χ0) is 7.91. The van der Waals surface area contributed by atoms with Crippen LogP contribution in [0.5, 0.6) is 0 Å². The van der Waals surface area contributed by atoms with Crippen LogP contribution in [0.1, 0.15) is 0 Å². The summed E-state index contributed by atoms with van der Waals surface area (Å²) in [5.74, 6) is 0. The molecule has 0 spiro atoms. The first kappa shape index (κ1) is 23.0. The van der Waals surface area contributed by atoms with E-state index in [1.54, 1.807) is 0 Å². The molecule has 62 valence electrons. The van der Waals surface area contributed by atoms with Crippen LogP contribution in [-0.4, -0.2) is 100 Å². The van der Waals surface area contributed by atoms with E-state index in [2.05, 4.69) is 0 Å². The Kier molecular flexibility index (Phi) is 30.0. The van der Waals surface area contributed by atoms with Crippen LogP contribution in [-0.2, 0) is 10.4 Å². The van der Waals surface area contributed by atoms with Crippen molar-refractivity contribution in [3.63, 3.8) is 0 Å². The third-order valence-electron chi connectivity index (χ3n) is 0.1000. The Balaban J connectivity index is -0.0000000383. The van der Waals surface area contributed by atoms with E-state index in [0.717, 1.165) is 0 Å². The fourth-order valence-corrected chi connectivity index (χ4v) is 0. The van der Waals surface area contributed by atoms with Gasteiger partial charge in [-0.2, -0.15) is 8.42 Å². The van der Waals surface area contributed by atoms with Gasteiger partial charge in [-0.05, 0) is 0 Å². The van der Waals surface area contributed by atoms with Crippen LogP contribution in [0.15, 0.2) is 0 Å². The van der Waals surface area contributed by atoms with E-state index in [1.165, 1.54) is 0 Å². The monoisotopic (exact) mass is 208 g/mol. The average Bonchev–Trinajstić information content (AvgIpc) is 1.61. The molecule has 0 unspecified atom stereocenters. The summed E-state index contributed by atoms with van der Waals surface area (Å²) >= 11 is 0. The second-order valence-electron chi connectivity index (χ2n) is 0.895. The van der Waals surface area contributed by atoms with Gasteiger partial charge in [-0.1, -0.05) is 0 Å². The molecule has 4 N–H and O–H groups in total. The molecule has 0 amide bonds. The predicted molar refractivity (Wildman–Crippen MR) is 42.6 cm³/mol. The SMILES string of the molecule is O=S(=O)(O)O.OCCO.[NaH].[NaH]. The molecule has 0 bridgehead atoms. The summed E-state index contributed by atoms with van der Waals surface area (Å²) in [4.78, 5) is 0. The van der Waals surface area contributed by atoms with Crippen molar-refractivity contribution in [3.05, 3.63) is 0 Å². The Morgan fingerprint density at radius 1 is 0.909 bits per heavy atom. The molecular formula is C2H10Na2O6S. The Morgan fingerprint density at radius 2 is 1.00 bits per heavy atom. The standard InChI is InChI=1S/C2H6O2.2Na.H2O4S.2H/c3-1-2-4;;;1-5(2,3)4;;/h3-4H,1-2H2;;;(H2,1,2,3,4);;. The molecule has 6 nitrogen and oxygen atoms in total. The van der Waals surface area contributed by atoms with Gasteiger partial charge in [0.15, 0.2) is 0 Å². The number of hydrogen-bond donors (Lipinski definition) is 4. The molecule has 0 aromatic heterocycles. The fraction of sp³-hybridized carbons (Fsp3) is 1.00. The maximum atomic E-state index is 8.74. The molecule has 9 heteroatoms. The Labute approximate surface area is 109 Å². The average molecular weight is 208 g/mol. The minimum absolute atomic E-state index is 0. The third kappa shape index (κ3) is 145. The van der Waals surface area contributed by atoms with Crippen LogP contribution in [0.4, 0.5) is 0 Å². The summed E-state index contributed by atoms with van der Waals surface area (Å²) in [7, 11) is -4.67. The van der Waals surface area contributed by atoms with Crippen LogP contribution in [0, 0.1) is 0 Å². The van der Waals surface area contributed by atoms with Crippen LogP contribution >= 0.6 is 0 Å². The van der Waals surface area contributed by atoms with Gasteiger partial charge in [0, 0.05) is 0 Å². The van der Waals surface area contributed by atoms with Crippen molar-refractivity contribution >= 4 is 69.5 Å². The fourth-order valence-electron chi connectivity index (χ4n) is 0. The number of hydrogen-bond acceptors (Lipinski definition) is 4. The molecule has 0 aliphatic carbocycles. The summed E-state index contributed by atoms with van der Waals surface area (Å²) in [5.41, 5.74) is 0. The van der Waals surface area contributed by atoms with Gasteiger partial charge in [0.25, 0.3) is 0 Å². The first-order valence-corrected chi connectivity index (χ1v) is 3.23. The molecule has 0 aromatic rings. The molecule has 0 radical (unpaired) electrons. The van der Waals surface area contributed by atoms with E-state index < -0.39 is 10.4 Å². The van der Waals surface area contributed by atoms with Crippen LogP contribution in [0.25, 0.3) is 0 Å². The van der Waals surface area contributed by atoms with Crippen LogP contribution in [0.3, 0.4) is 0 Å². The third-order valence-corrected chi connectivity index (χ3v) is 0.1000. The quantitative estimate of drug-likeness (QED) is 0.270. The summed E-state index contributed by atoms with van der Waals surface area (Å²) in [6.07, 6.45) is 0. The van der Waals surface area contributed by atoms with Gasteiger partial charge in [0.05, 0.1) is 13.2 Å². The molecule has 0 rings (SSSR count). The van der Waals surface area contributed by atoms with Crippen LogP contribution < -0.4 is 0 Å². The molecule has 0 aliphatic heterocycles. The minimum atomic E-state index is -4.67. The van der Waals surface area contributed by atoms with Gasteiger partial charge >= 0.3 is 69.5 Å². The van der Waals surface area contributed by atoms with Gasteiger partial charge in [-0.25, -0.2) is 0 Å². The molecule has 0 aliphatic rings. The van der Waals surface area contributed by atoms with Gasteiger partial charge in [0.2, 0.25) is 0 Å². The van der Waals surface area contributed by atoms with Crippen molar-refractivity contribution in [1.82, 2.24) is 0 Å². The molecular weight excluding hydrogens is 198 g/mol. The molecule has 11 heavy (non-hydrogen) atoms. The van der Waals surface area contributed by atoms with E-state index in [0.29, 0.717) is 0 Å². The molecule has 0 fully saturated rings. The summed E-state index contributed by atoms with van der Waals surface area (Å²) in [6, 6.07) is 0. The van der Waals surface area contributed by atoms with Crippen molar-refractivity contribution in [2.45, 2.75) is 0 Å². The summed E-state index contributed by atoms with van der Waals surface area (Å²) in [5, 5.41) is 15.2. The molecule has 0 aromatic carbocycles. The predicted octanol–water partition coefficient (Wildman–Crippen LogP) is -2.98. The van der Waals surface area contributed by atoms with Gasteiger partial charge in [0.1, 0.15) is 0 Å². The second-order valence-corrected chi connectivity index (χ2v) is 1.79. The molecule has 0 heterocycles. The van der Waals surface area contributed by atoms with Crippen LogP contribution in [0.2, 0.25) is 0 Å². The molecule has 0 atom stereocenters. The van der Waals surface area contributed by atoms with Gasteiger partial charge in [-0.3, -0.25) is 9.11 Å². The van der Waals surface area contributed by atoms with E-state index in [9.17, 15) is 0 Å². The van der Waals surface area contributed by atoms with Gasteiger partial charge in [-0.15, -0.1) is 0 Å². The maximum absolute atomic E-state index is 8.74. The Hall–Kier alpha value is 1.79. The van der Waals surface area contributed by atoms with E-state index in [-0.39, 0.29) is 72.3 Å². The second kappa shape index (κ2) is 14.3. The molecule has 0 saturated heterocycles. The van der Waals surface area contributed by atoms with Crippen molar-refractivity contribution in [1.29, 1.82) is 0 Å². The van der Waals surface area contributed by atoms with Crippen molar-refractivity contribution < 1.29 is 27.7 Å². The van der Waals surface area contributed by atoms with E-state index in [1.807, 2.05) is 0 Å². The van der Waals surface area contributed by atoms with E-state index >= 15 is 0 Å². The first-order chi connectivity index (χ1) is 3.91. The number of aliphatic hydroxyl groups is 2. The van der Waals surface area contributed by atoms with Crippen molar-refractivity contribution in [2.75, 3.05) is 13.2 Å². The normalized spacial score (nSPS) is 8.00. The topological polar surface area (TPSA) is 115 Å². The zero-order valence-electron chi connectivity index (χ0n) is 4.43. The van der Waals surface area contributed by atoms with E-state index in [4.69, 9.17) is 27.7 Å². The summed E-state index contributed by atoms with van der Waals surface area (Å²) < 4.78 is 31.6. The van der Waals surface area contributed by atoms with Crippen molar-refractivity contribution in [3.8, 4) is 0 Å². The summed E-state index contributed by atoms with van der Waals surface area (Å²) in [6.45, 7) is -0.250. The first-order valence-electron chi connectivity index (χ1n) is 1.83.